The summed E-state index contributed by atoms with van der Waals surface area (Å²) in [7, 11) is 0. The molecule has 19 heavy (non-hydrogen) atoms. The van der Waals surface area contributed by atoms with Crippen LogP contribution in [0.2, 0.25) is 0 Å². The lowest BCUT2D eigenvalue weighted by atomic mass is 10.1. The summed E-state index contributed by atoms with van der Waals surface area (Å²) in [6.07, 6.45) is 0. The van der Waals surface area contributed by atoms with Crippen molar-refractivity contribution in [1.82, 2.24) is 0 Å². The second-order valence-corrected chi connectivity index (χ2v) is 3.91. The minimum absolute atomic E-state index is 0.163. The zero-order chi connectivity index (χ0) is 13.5. The van der Waals surface area contributed by atoms with E-state index >= 15 is 0 Å². The lowest BCUT2D eigenvalue weighted by Gasteiger charge is -2.06. The van der Waals surface area contributed by atoms with E-state index in [2.05, 4.69) is 11.8 Å². The van der Waals surface area contributed by atoms with Crippen LogP contribution >= 0.6 is 0 Å². The van der Waals surface area contributed by atoms with Crippen LogP contribution in [0.4, 0.5) is 4.39 Å². The van der Waals surface area contributed by atoms with Gasteiger partial charge in [-0.05, 0) is 29.8 Å². The van der Waals surface area contributed by atoms with E-state index < -0.39 is 0 Å². The topological polar surface area (TPSA) is 29.5 Å². The summed E-state index contributed by atoms with van der Waals surface area (Å²) in [4.78, 5) is 0. The van der Waals surface area contributed by atoms with Crippen molar-refractivity contribution in [3.63, 3.8) is 0 Å². The van der Waals surface area contributed by atoms with Crippen LogP contribution in [0, 0.1) is 17.7 Å². The SMILES string of the molecule is OCC#Cc1cccc(COc2cccc(F)c2)c1. The van der Waals surface area contributed by atoms with Crippen LogP contribution in [-0.4, -0.2) is 11.7 Å². The predicted octanol–water partition coefficient (Wildman–Crippen LogP) is 2.75. The zero-order valence-corrected chi connectivity index (χ0v) is 10.3. The van der Waals surface area contributed by atoms with Gasteiger partial charge < -0.3 is 9.84 Å². The number of aliphatic hydroxyl groups excluding tert-OH is 1. The van der Waals surface area contributed by atoms with E-state index in [1.54, 1.807) is 12.1 Å². The summed E-state index contributed by atoms with van der Waals surface area (Å²) >= 11 is 0. The van der Waals surface area contributed by atoms with Crippen molar-refractivity contribution < 1.29 is 14.2 Å². The van der Waals surface area contributed by atoms with Crippen molar-refractivity contribution in [2.75, 3.05) is 6.61 Å². The Balaban J connectivity index is 2.03. The number of aliphatic hydroxyl groups is 1. The van der Waals surface area contributed by atoms with Gasteiger partial charge in [0.25, 0.3) is 0 Å². The number of hydrogen-bond acceptors (Lipinski definition) is 2. The van der Waals surface area contributed by atoms with Crippen molar-refractivity contribution in [1.29, 1.82) is 0 Å². The van der Waals surface area contributed by atoms with E-state index in [0.717, 1.165) is 11.1 Å². The highest BCUT2D eigenvalue weighted by Crippen LogP contribution is 2.14. The molecule has 0 bridgehead atoms. The van der Waals surface area contributed by atoms with Gasteiger partial charge in [0.2, 0.25) is 0 Å². The molecule has 2 aromatic carbocycles. The lowest BCUT2D eigenvalue weighted by molar-refractivity contribution is 0.304. The maximum Gasteiger partial charge on any atom is 0.126 e. The van der Waals surface area contributed by atoms with Crippen LogP contribution in [0.3, 0.4) is 0 Å². The fraction of sp³-hybridized carbons (Fsp3) is 0.125. The molecule has 0 saturated heterocycles. The molecule has 0 aliphatic heterocycles. The molecule has 1 N–H and O–H groups in total. The van der Waals surface area contributed by atoms with Crippen molar-refractivity contribution in [2.45, 2.75) is 6.61 Å². The maximum absolute atomic E-state index is 13.0. The van der Waals surface area contributed by atoms with Crippen molar-refractivity contribution >= 4 is 0 Å². The Morgan fingerprint density at radius 2 is 1.95 bits per heavy atom. The molecular formula is C16H13FO2. The molecule has 0 unspecified atom stereocenters. The minimum Gasteiger partial charge on any atom is -0.489 e. The lowest BCUT2D eigenvalue weighted by Crippen LogP contribution is -1.96. The van der Waals surface area contributed by atoms with Crippen molar-refractivity contribution in [3.05, 3.63) is 65.5 Å². The molecular weight excluding hydrogens is 243 g/mol. The van der Waals surface area contributed by atoms with Gasteiger partial charge in [-0.25, -0.2) is 4.39 Å². The van der Waals surface area contributed by atoms with E-state index in [1.165, 1.54) is 12.1 Å². The Labute approximate surface area is 111 Å². The fourth-order valence-corrected chi connectivity index (χ4v) is 1.60. The van der Waals surface area contributed by atoms with Crippen LogP contribution in [0.15, 0.2) is 48.5 Å². The molecule has 0 radical (unpaired) electrons. The normalized spacial score (nSPS) is 9.58. The van der Waals surface area contributed by atoms with E-state index in [1.807, 2.05) is 24.3 Å². The number of halogens is 1. The van der Waals surface area contributed by atoms with Gasteiger partial charge in [-0.3, -0.25) is 0 Å². The Morgan fingerprint density at radius 3 is 2.74 bits per heavy atom. The molecule has 0 aromatic heterocycles. The molecule has 96 valence electrons. The van der Waals surface area contributed by atoms with E-state index in [9.17, 15) is 4.39 Å². The van der Waals surface area contributed by atoms with E-state index in [0.29, 0.717) is 12.4 Å². The van der Waals surface area contributed by atoms with E-state index in [-0.39, 0.29) is 12.4 Å². The molecule has 2 rings (SSSR count). The first-order chi connectivity index (χ1) is 9.28. The third-order valence-electron chi connectivity index (χ3n) is 2.44. The Hall–Kier alpha value is -2.31. The molecule has 0 heterocycles. The third-order valence-corrected chi connectivity index (χ3v) is 2.44. The first-order valence-electron chi connectivity index (χ1n) is 5.85. The molecule has 3 heteroatoms. The Bertz CT molecular complexity index is 611. The molecule has 0 amide bonds. The summed E-state index contributed by atoms with van der Waals surface area (Å²) in [6, 6.07) is 13.5. The van der Waals surface area contributed by atoms with Crippen molar-refractivity contribution in [3.8, 4) is 17.6 Å². The molecule has 0 saturated carbocycles. The zero-order valence-electron chi connectivity index (χ0n) is 10.3. The second kappa shape index (κ2) is 6.58. The minimum atomic E-state index is -0.319. The van der Waals surface area contributed by atoms with Gasteiger partial charge in [-0.2, -0.15) is 0 Å². The largest absolute Gasteiger partial charge is 0.489 e. The number of ether oxygens (including phenoxy) is 1. The number of rotatable bonds is 3. The van der Waals surface area contributed by atoms with Crippen molar-refractivity contribution in [2.24, 2.45) is 0 Å². The monoisotopic (exact) mass is 256 g/mol. The smallest absolute Gasteiger partial charge is 0.126 e. The second-order valence-electron chi connectivity index (χ2n) is 3.91. The molecule has 0 aliphatic rings. The van der Waals surface area contributed by atoms with Crippen LogP contribution in [0.1, 0.15) is 11.1 Å². The van der Waals surface area contributed by atoms with Crippen LogP contribution in [0.5, 0.6) is 5.75 Å². The van der Waals surface area contributed by atoms with Gasteiger partial charge in [0, 0.05) is 11.6 Å². The highest BCUT2D eigenvalue weighted by molar-refractivity contribution is 5.37. The predicted molar refractivity (Wildman–Crippen MR) is 71.1 cm³/mol. The molecule has 0 atom stereocenters. The maximum atomic E-state index is 13.0. The Kier molecular flexibility index (Phi) is 4.54. The summed E-state index contributed by atoms with van der Waals surface area (Å²) in [6.45, 7) is 0.183. The van der Waals surface area contributed by atoms with Gasteiger partial charge in [0.05, 0.1) is 0 Å². The van der Waals surface area contributed by atoms with Gasteiger partial charge in [0.1, 0.15) is 24.8 Å². The molecule has 0 spiro atoms. The summed E-state index contributed by atoms with van der Waals surface area (Å²) in [5.41, 5.74) is 1.75. The quantitative estimate of drug-likeness (QED) is 0.856. The van der Waals surface area contributed by atoms with Gasteiger partial charge in [-0.1, -0.05) is 30.0 Å². The Morgan fingerprint density at radius 1 is 1.11 bits per heavy atom. The summed E-state index contributed by atoms with van der Waals surface area (Å²) in [5.74, 6) is 5.59. The highest BCUT2D eigenvalue weighted by Gasteiger charge is 1.98. The van der Waals surface area contributed by atoms with Crippen LogP contribution < -0.4 is 4.74 Å². The summed E-state index contributed by atoms with van der Waals surface area (Å²) in [5, 5.41) is 8.64. The van der Waals surface area contributed by atoms with Crippen LogP contribution in [0.25, 0.3) is 0 Å². The molecule has 2 aromatic rings. The van der Waals surface area contributed by atoms with Gasteiger partial charge in [0.15, 0.2) is 0 Å². The van der Waals surface area contributed by atoms with E-state index in [4.69, 9.17) is 9.84 Å². The fourth-order valence-electron chi connectivity index (χ4n) is 1.60. The average molecular weight is 256 g/mol. The summed E-state index contributed by atoms with van der Waals surface area (Å²) < 4.78 is 18.5. The van der Waals surface area contributed by atoms with Gasteiger partial charge >= 0.3 is 0 Å². The number of benzene rings is 2. The first-order valence-corrected chi connectivity index (χ1v) is 5.85. The van der Waals surface area contributed by atoms with Gasteiger partial charge in [-0.15, -0.1) is 0 Å². The third kappa shape index (κ3) is 4.13. The molecule has 0 aliphatic carbocycles. The number of hydrogen-bond donors (Lipinski definition) is 1. The highest BCUT2D eigenvalue weighted by atomic mass is 19.1. The first kappa shape index (κ1) is 13.1. The van der Waals surface area contributed by atoms with Crippen LogP contribution in [-0.2, 0) is 6.61 Å². The standard InChI is InChI=1S/C16H13FO2/c17-15-7-2-8-16(11-15)19-12-14-5-1-4-13(10-14)6-3-9-18/h1-2,4-5,7-8,10-11,18H,9,12H2. The average Bonchev–Trinajstić information content (AvgIpc) is 2.43. The molecule has 0 fully saturated rings. The molecule has 2 nitrogen and oxygen atoms in total.